The number of methoxy groups -OCH3 is 1. The second-order valence-electron chi connectivity index (χ2n) is 10.3. The molecule has 5 nitrogen and oxygen atoms in total. The number of nitrogens with one attached hydrogen (secondary N) is 2. The average molecular weight is 535 g/mol. The lowest BCUT2D eigenvalue weighted by atomic mass is 9.80. The van der Waals surface area contributed by atoms with Crippen LogP contribution in [0.15, 0.2) is 36.4 Å². The maximum absolute atomic E-state index is 12.3. The lowest BCUT2D eigenvalue weighted by Crippen LogP contribution is -2.27. The summed E-state index contributed by atoms with van der Waals surface area (Å²) in [5, 5.41) is 6.33. The van der Waals surface area contributed by atoms with Gasteiger partial charge in [-0.25, -0.2) is 0 Å². The summed E-state index contributed by atoms with van der Waals surface area (Å²) in [4.78, 5) is 23.4. The summed E-state index contributed by atoms with van der Waals surface area (Å²) in [5.41, 5.74) is 7.73. The van der Waals surface area contributed by atoms with Crippen LogP contribution in [-0.2, 0) is 11.2 Å². The third-order valence-corrected chi connectivity index (χ3v) is 7.89. The Bertz CT molecular complexity index is 1100. The van der Waals surface area contributed by atoms with E-state index < -0.39 is 0 Å². The summed E-state index contributed by atoms with van der Waals surface area (Å²) in [6, 6.07) is 10.1. The molecule has 214 valence electrons. The quantitative estimate of drug-likeness (QED) is 0.354. The fourth-order valence-corrected chi connectivity index (χ4v) is 5.48. The predicted octanol–water partition coefficient (Wildman–Crippen LogP) is 7.93. The van der Waals surface area contributed by atoms with Gasteiger partial charge in [0, 0.05) is 29.8 Å². The molecule has 39 heavy (non-hydrogen) atoms. The number of carbonyl (C=O) groups is 2. The smallest absolute Gasteiger partial charge is 0.227 e. The summed E-state index contributed by atoms with van der Waals surface area (Å²) < 4.78 is 5.29. The van der Waals surface area contributed by atoms with E-state index in [2.05, 4.69) is 43.5 Å². The fraction of sp³-hybridized carbons (Fsp3) is 0.529. The molecule has 2 aromatic rings. The molecular formula is C34H50N2O3. The third kappa shape index (κ3) is 9.35. The van der Waals surface area contributed by atoms with Crippen molar-refractivity contribution in [1.29, 1.82) is 0 Å². The predicted molar refractivity (Wildman–Crippen MR) is 165 cm³/mol. The van der Waals surface area contributed by atoms with E-state index in [0.717, 1.165) is 73.5 Å². The van der Waals surface area contributed by atoms with Crippen LogP contribution in [0.3, 0.4) is 0 Å². The van der Waals surface area contributed by atoms with E-state index in [1.807, 2.05) is 45.0 Å². The SMILES string of the molecule is CC.CCC1CCC(C(=O)Nc2ccc(C)c(OC)c2)CC1.CCc1c(C)cc(C2=CCNCC2)cc1C=O. The summed E-state index contributed by atoms with van der Waals surface area (Å²) in [6.07, 6.45) is 10.8. The molecular weight excluding hydrogens is 484 g/mol. The zero-order chi connectivity index (χ0) is 28.8. The Morgan fingerprint density at radius 3 is 2.33 bits per heavy atom. The standard InChI is InChI=1S/C17H25NO2.C15H19NO.C2H6/c1-4-13-6-8-14(9-7-13)17(19)18-15-10-5-12(2)16(11-15)20-3;1-3-15-11(2)8-13(9-14(15)10-17)12-4-6-16-7-5-12;1-2/h5,10-11,13-14H,4,6-9H2,1-3H3,(H,18,19);4,8-10,16H,3,5-7H2,1-2H3;1-2H3. The van der Waals surface area contributed by atoms with E-state index in [-0.39, 0.29) is 11.8 Å². The monoisotopic (exact) mass is 534 g/mol. The van der Waals surface area contributed by atoms with Crippen LogP contribution >= 0.6 is 0 Å². The van der Waals surface area contributed by atoms with Gasteiger partial charge in [-0.15, -0.1) is 0 Å². The molecule has 0 saturated heterocycles. The van der Waals surface area contributed by atoms with Gasteiger partial charge < -0.3 is 15.4 Å². The van der Waals surface area contributed by atoms with Crippen LogP contribution in [-0.4, -0.2) is 32.4 Å². The van der Waals surface area contributed by atoms with Crippen LogP contribution in [0.1, 0.15) is 98.8 Å². The molecule has 0 bridgehead atoms. The minimum Gasteiger partial charge on any atom is -0.496 e. The number of hydrogen-bond acceptors (Lipinski definition) is 4. The van der Waals surface area contributed by atoms with Gasteiger partial charge in [-0.1, -0.05) is 52.3 Å². The van der Waals surface area contributed by atoms with Crippen molar-refractivity contribution >= 4 is 23.5 Å². The van der Waals surface area contributed by atoms with Gasteiger partial charge in [0.25, 0.3) is 0 Å². The van der Waals surface area contributed by atoms with Crippen molar-refractivity contribution in [3.63, 3.8) is 0 Å². The highest BCUT2D eigenvalue weighted by Gasteiger charge is 2.25. The lowest BCUT2D eigenvalue weighted by Gasteiger charge is -2.27. The highest BCUT2D eigenvalue weighted by molar-refractivity contribution is 5.92. The van der Waals surface area contributed by atoms with Gasteiger partial charge in [0.1, 0.15) is 12.0 Å². The first-order valence-corrected chi connectivity index (χ1v) is 14.8. The van der Waals surface area contributed by atoms with E-state index in [0.29, 0.717) is 0 Å². The summed E-state index contributed by atoms with van der Waals surface area (Å²) in [5.74, 6) is 1.96. The fourth-order valence-electron chi connectivity index (χ4n) is 5.48. The second kappa shape index (κ2) is 16.9. The first-order valence-electron chi connectivity index (χ1n) is 14.8. The molecule has 2 aliphatic rings. The molecule has 1 heterocycles. The Balaban J connectivity index is 0.000000260. The second-order valence-corrected chi connectivity index (χ2v) is 10.3. The Morgan fingerprint density at radius 1 is 1.05 bits per heavy atom. The number of aryl methyl sites for hydroxylation is 2. The number of carbonyl (C=O) groups excluding carboxylic acids is 2. The number of aldehydes is 1. The number of hydrogen-bond donors (Lipinski definition) is 2. The molecule has 1 saturated carbocycles. The summed E-state index contributed by atoms with van der Waals surface area (Å²) in [6.45, 7) is 14.4. The van der Waals surface area contributed by atoms with Crippen molar-refractivity contribution in [2.45, 2.75) is 86.5 Å². The van der Waals surface area contributed by atoms with Crippen LogP contribution in [0.25, 0.3) is 5.57 Å². The minimum atomic E-state index is 0.158. The Kier molecular flexibility index (Phi) is 14.0. The topological polar surface area (TPSA) is 67.4 Å². The maximum atomic E-state index is 12.3. The van der Waals surface area contributed by atoms with Crippen molar-refractivity contribution in [3.8, 4) is 5.75 Å². The zero-order valence-corrected chi connectivity index (χ0v) is 25.3. The van der Waals surface area contributed by atoms with Gasteiger partial charge >= 0.3 is 0 Å². The van der Waals surface area contributed by atoms with Crippen molar-refractivity contribution in [3.05, 3.63) is 64.2 Å². The normalized spacial score (nSPS) is 18.4. The van der Waals surface area contributed by atoms with Crippen LogP contribution in [0.5, 0.6) is 5.75 Å². The molecule has 0 aromatic heterocycles. The molecule has 1 aliphatic carbocycles. The zero-order valence-electron chi connectivity index (χ0n) is 25.3. The van der Waals surface area contributed by atoms with E-state index in [9.17, 15) is 9.59 Å². The molecule has 0 atom stereocenters. The van der Waals surface area contributed by atoms with Crippen LogP contribution in [0.2, 0.25) is 0 Å². The number of benzene rings is 2. The first-order chi connectivity index (χ1) is 18.9. The van der Waals surface area contributed by atoms with Crippen molar-refractivity contribution in [1.82, 2.24) is 5.32 Å². The minimum absolute atomic E-state index is 0.158. The molecule has 2 aromatic carbocycles. The number of amides is 1. The first kappa shape index (κ1) is 32.3. The van der Waals surface area contributed by atoms with Crippen LogP contribution in [0, 0.1) is 25.7 Å². The third-order valence-electron chi connectivity index (χ3n) is 7.89. The van der Waals surface area contributed by atoms with Crippen molar-refractivity contribution in [2.24, 2.45) is 11.8 Å². The molecule has 5 heteroatoms. The number of anilines is 1. The Morgan fingerprint density at radius 2 is 1.77 bits per heavy atom. The maximum Gasteiger partial charge on any atom is 0.227 e. The van der Waals surface area contributed by atoms with Crippen molar-refractivity contribution in [2.75, 3.05) is 25.5 Å². The molecule has 0 radical (unpaired) electrons. The van der Waals surface area contributed by atoms with E-state index >= 15 is 0 Å². The molecule has 1 aliphatic heterocycles. The summed E-state index contributed by atoms with van der Waals surface area (Å²) >= 11 is 0. The Labute approximate surface area is 236 Å². The van der Waals surface area contributed by atoms with Gasteiger partial charge in [-0.05, 0) is 105 Å². The van der Waals surface area contributed by atoms with Crippen LogP contribution < -0.4 is 15.4 Å². The van der Waals surface area contributed by atoms with E-state index in [4.69, 9.17) is 4.74 Å². The summed E-state index contributed by atoms with van der Waals surface area (Å²) in [7, 11) is 1.65. The van der Waals surface area contributed by atoms with Crippen molar-refractivity contribution < 1.29 is 14.3 Å². The average Bonchev–Trinajstić information content (AvgIpc) is 2.99. The molecule has 2 N–H and O–H groups in total. The molecule has 1 amide bonds. The van der Waals surface area contributed by atoms with Gasteiger partial charge in [0.15, 0.2) is 0 Å². The van der Waals surface area contributed by atoms with Crippen LogP contribution in [0.4, 0.5) is 5.69 Å². The Hall–Kier alpha value is -2.92. The molecule has 0 spiro atoms. The largest absolute Gasteiger partial charge is 0.496 e. The molecule has 4 rings (SSSR count). The highest BCUT2D eigenvalue weighted by atomic mass is 16.5. The highest BCUT2D eigenvalue weighted by Crippen LogP contribution is 2.32. The molecule has 0 unspecified atom stereocenters. The molecule has 1 fully saturated rings. The van der Waals surface area contributed by atoms with Gasteiger partial charge in [0.2, 0.25) is 5.91 Å². The van der Waals surface area contributed by atoms with Gasteiger partial charge in [-0.2, -0.15) is 0 Å². The lowest BCUT2D eigenvalue weighted by molar-refractivity contribution is -0.121. The van der Waals surface area contributed by atoms with Gasteiger partial charge in [0.05, 0.1) is 7.11 Å². The number of rotatable bonds is 7. The number of ether oxygens (including phenoxy) is 1. The van der Waals surface area contributed by atoms with Gasteiger partial charge in [-0.3, -0.25) is 9.59 Å². The van der Waals surface area contributed by atoms with E-state index in [1.54, 1.807) is 7.11 Å². The van der Waals surface area contributed by atoms with E-state index in [1.165, 1.54) is 41.5 Å².